The van der Waals surface area contributed by atoms with Crippen molar-refractivity contribution in [3.8, 4) is 6.07 Å². The molecule has 1 aromatic heterocycles. The summed E-state index contributed by atoms with van der Waals surface area (Å²) in [6.45, 7) is 0. The molecule has 0 bridgehead atoms. The summed E-state index contributed by atoms with van der Waals surface area (Å²) in [5.74, 6) is 0.513. The number of anilines is 3. The lowest BCUT2D eigenvalue weighted by molar-refractivity contribution is 0.262. The monoisotopic (exact) mass is 372 g/mol. The molecule has 1 atom stereocenters. The number of furan rings is 1. The van der Waals surface area contributed by atoms with Gasteiger partial charge in [-0.25, -0.2) is 9.79 Å². The Bertz CT molecular complexity index is 1080. The van der Waals surface area contributed by atoms with E-state index >= 15 is 0 Å². The molecule has 2 heterocycles. The maximum absolute atomic E-state index is 12.2. The van der Waals surface area contributed by atoms with Crippen LogP contribution in [0.2, 0.25) is 0 Å². The van der Waals surface area contributed by atoms with Gasteiger partial charge in [0.1, 0.15) is 12.5 Å². The Kier molecular flexibility index (Phi) is 4.50. The highest BCUT2D eigenvalue weighted by atomic mass is 16.3. The molecular formula is C20H16N6O2. The first-order chi connectivity index (χ1) is 13.6. The number of carbonyl (C=O) groups is 1. The lowest BCUT2D eigenvalue weighted by Crippen LogP contribution is -2.35. The molecule has 138 valence electrons. The number of hydrogen-bond acceptors (Lipinski definition) is 6. The van der Waals surface area contributed by atoms with Gasteiger partial charge in [-0.3, -0.25) is 0 Å². The van der Waals surface area contributed by atoms with E-state index in [4.69, 9.17) is 15.4 Å². The molecule has 3 aromatic rings. The number of nitrogens with zero attached hydrogens (tertiary/aromatic N) is 3. The quantitative estimate of drug-likeness (QED) is 0.643. The first-order valence-electron chi connectivity index (χ1n) is 8.48. The van der Waals surface area contributed by atoms with Gasteiger partial charge in [-0.15, -0.1) is 0 Å². The molecule has 0 saturated heterocycles. The Morgan fingerprint density at radius 2 is 1.93 bits per heavy atom. The molecule has 1 aliphatic heterocycles. The van der Waals surface area contributed by atoms with Crippen LogP contribution in [0.5, 0.6) is 0 Å². The molecule has 4 rings (SSSR count). The number of fused-ring (bicyclic) bond motifs is 1. The van der Waals surface area contributed by atoms with Crippen molar-refractivity contribution >= 4 is 35.3 Å². The topological polar surface area (TPSA) is 120 Å². The van der Waals surface area contributed by atoms with Gasteiger partial charge >= 0.3 is 6.03 Å². The van der Waals surface area contributed by atoms with Crippen molar-refractivity contribution in [1.29, 1.82) is 5.26 Å². The second-order valence-corrected chi connectivity index (χ2v) is 6.10. The number of hydrogen-bond donors (Lipinski definition) is 3. The molecule has 0 saturated carbocycles. The Morgan fingerprint density at radius 1 is 1.14 bits per heavy atom. The van der Waals surface area contributed by atoms with Gasteiger partial charge in [-0.1, -0.05) is 6.07 Å². The summed E-state index contributed by atoms with van der Waals surface area (Å²) in [6.07, 6.45) is 2.78. The van der Waals surface area contributed by atoms with E-state index in [0.29, 0.717) is 22.8 Å². The lowest BCUT2D eigenvalue weighted by Gasteiger charge is -2.29. The van der Waals surface area contributed by atoms with Crippen molar-refractivity contribution in [2.45, 2.75) is 6.17 Å². The van der Waals surface area contributed by atoms with Crippen LogP contribution < -0.4 is 21.3 Å². The van der Waals surface area contributed by atoms with E-state index in [1.807, 2.05) is 23.1 Å². The van der Waals surface area contributed by atoms with Gasteiger partial charge in [-0.05, 0) is 48.5 Å². The van der Waals surface area contributed by atoms with Gasteiger partial charge in [0.2, 0.25) is 5.88 Å². The third kappa shape index (κ3) is 3.42. The van der Waals surface area contributed by atoms with Crippen LogP contribution in [0.3, 0.4) is 0 Å². The molecule has 2 amide bonds. The van der Waals surface area contributed by atoms with Crippen molar-refractivity contribution in [2.75, 3.05) is 15.5 Å². The molecule has 0 spiro atoms. The molecule has 2 aromatic carbocycles. The fourth-order valence-corrected chi connectivity index (χ4v) is 2.88. The summed E-state index contributed by atoms with van der Waals surface area (Å²) in [7, 11) is 0. The zero-order valence-electron chi connectivity index (χ0n) is 14.7. The number of urea groups is 1. The van der Waals surface area contributed by atoms with E-state index < -0.39 is 12.2 Å². The molecule has 4 N–H and O–H groups in total. The smallest absolute Gasteiger partial charge is 0.323 e. The summed E-state index contributed by atoms with van der Waals surface area (Å²) in [6, 6.07) is 17.3. The van der Waals surface area contributed by atoms with Gasteiger partial charge in [0.25, 0.3) is 0 Å². The van der Waals surface area contributed by atoms with Crippen LogP contribution in [0.4, 0.5) is 27.7 Å². The average Bonchev–Trinajstić information content (AvgIpc) is 3.19. The highest BCUT2D eigenvalue weighted by Gasteiger charge is 2.24. The van der Waals surface area contributed by atoms with Crippen LogP contribution in [-0.2, 0) is 0 Å². The number of nitrogens with two attached hydrogens (primary N) is 1. The van der Waals surface area contributed by atoms with Crippen molar-refractivity contribution in [3.63, 3.8) is 0 Å². The summed E-state index contributed by atoms with van der Waals surface area (Å²) in [5, 5.41) is 14.4. The van der Waals surface area contributed by atoms with Gasteiger partial charge in [0, 0.05) is 17.1 Å². The number of rotatable bonds is 3. The summed E-state index contributed by atoms with van der Waals surface area (Å²) in [5.41, 5.74) is 9.54. The Morgan fingerprint density at radius 3 is 2.71 bits per heavy atom. The Balaban J connectivity index is 1.42. The minimum absolute atomic E-state index is 0.401. The molecule has 8 heteroatoms. The summed E-state index contributed by atoms with van der Waals surface area (Å²) >= 11 is 0. The van der Waals surface area contributed by atoms with Crippen molar-refractivity contribution in [1.82, 2.24) is 0 Å². The van der Waals surface area contributed by atoms with E-state index in [9.17, 15) is 4.79 Å². The second-order valence-electron chi connectivity index (χ2n) is 6.10. The molecule has 0 fully saturated rings. The molecule has 0 aliphatic carbocycles. The average molecular weight is 372 g/mol. The van der Waals surface area contributed by atoms with Crippen LogP contribution >= 0.6 is 0 Å². The lowest BCUT2D eigenvalue weighted by atomic mass is 10.2. The fraction of sp³-hybridized carbons (Fsp3) is 0.0500. The maximum Gasteiger partial charge on any atom is 0.323 e. The molecular weight excluding hydrogens is 356 g/mol. The summed E-state index contributed by atoms with van der Waals surface area (Å²) in [4.78, 5) is 18.2. The van der Waals surface area contributed by atoms with Crippen molar-refractivity contribution < 1.29 is 9.21 Å². The van der Waals surface area contributed by atoms with Crippen LogP contribution in [0.1, 0.15) is 17.3 Å². The molecule has 8 nitrogen and oxygen atoms in total. The molecule has 1 aliphatic rings. The van der Waals surface area contributed by atoms with Crippen LogP contribution in [0.15, 0.2) is 70.3 Å². The largest absolute Gasteiger partial charge is 0.446 e. The maximum atomic E-state index is 12.2. The molecule has 28 heavy (non-hydrogen) atoms. The minimum atomic E-state index is -0.402. The van der Waals surface area contributed by atoms with Gasteiger partial charge in [-0.2, -0.15) is 5.26 Å². The van der Waals surface area contributed by atoms with Crippen molar-refractivity contribution in [3.05, 3.63) is 72.0 Å². The molecule has 0 radical (unpaired) electrons. The fourth-order valence-electron chi connectivity index (χ4n) is 2.88. The number of nitrogens with one attached hydrogen (secondary N) is 2. The van der Waals surface area contributed by atoms with Crippen LogP contribution in [0.25, 0.3) is 0 Å². The number of aliphatic imine (C=N–C) groups is 1. The van der Waals surface area contributed by atoms with Gasteiger partial charge < -0.3 is 25.7 Å². The second kappa shape index (κ2) is 7.26. The predicted octanol–water partition coefficient (Wildman–Crippen LogP) is 3.93. The number of nitriles is 1. The van der Waals surface area contributed by atoms with E-state index in [2.05, 4.69) is 15.6 Å². The zero-order chi connectivity index (χ0) is 19.5. The SMILES string of the molecule is N#Cc1cccc(NC(=O)Nc2ccc(N3C=Nc4occc4C3N)cc2)c1. The third-order valence-electron chi connectivity index (χ3n) is 4.26. The Hall–Kier alpha value is -4.09. The normalized spacial score (nSPS) is 14.9. The number of amides is 2. The Labute approximate surface area is 160 Å². The van der Waals surface area contributed by atoms with Crippen LogP contribution in [-0.4, -0.2) is 12.4 Å². The third-order valence-corrected chi connectivity index (χ3v) is 4.26. The molecule has 1 unspecified atom stereocenters. The van der Waals surface area contributed by atoms with E-state index in [1.54, 1.807) is 55.1 Å². The summed E-state index contributed by atoms with van der Waals surface area (Å²) < 4.78 is 5.26. The van der Waals surface area contributed by atoms with Crippen molar-refractivity contribution in [2.24, 2.45) is 10.7 Å². The highest BCUT2D eigenvalue weighted by Crippen LogP contribution is 2.33. The van der Waals surface area contributed by atoms with Crippen LogP contribution in [0, 0.1) is 11.3 Å². The minimum Gasteiger partial charge on any atom is -0.446 e. The first-order valence-corrected chi connectivity index (χ1v) is 8.48. The first kappa shape index (κ1) is 17.3. The van der Waals surface area contributed by atoms with E-state index in [-0.39, 0.29) is 0 Å². The standard InChI is InChI=1S/C20H16N6O2/c21-11-13-2-1-3-15(10-13)25-20(27)24-14-4-6-16(7-5-14)26-12-23-19-17(18(26)22)8-9-28-19/h1-10,12,18H,22H2,(H2,24,25,27). The highest BCUT2D eigenvalue weighted by molar-refractivity contribution is 6.00. The number of benzene rings is 2. The van der Waals surface area contributed by atoms with Gasteiger partial charge in [0.05, 0.1) is 23.5 Å². The zero-order valence-corrected chi connectivity index (χ0v) is 14.7. The van der Waals surface area contributed by atoms with E-state index in [0.717, 1.165) is 11.3 Å². The van der Waals surface area contributed by atoms with E-state index in [1.165, 1.54) is 0 Å². The predicted molar refractivity (Wildman–Crippen MR) is 107 cm³/mol. The van der Waals surface area contributed by atoms with Gasteiger partial charge in [0.15, 0.2) is 0 Å². The number of carbonyl (C=O) groups excluding carboxylic acids is 1.